The van der Waals surface area contributed by atoms with Crippen molar-refractivity contribution in [3.8, 4) is 0 Å². The first-order chi connectivity index (χ1) is 16.5. The first-order valence-corrected chi connectivity index (χ1v) is 11.2. The monoisotopic (exact) mass is 457 g/mol. The first kappa shape index (κ1) is 23.0. The lowest BCUT2D eigenvalue weighted by atomic mass is 9.93. The number of nitrogens with two attached hydrogens (primary N) is 1. The molecule has 3 amide bonds. The Kier molecular flexibility index (Phi) is 7.22. The lowest BCUT2D eigenvalue weighted by Gasteiger charge is -2.35. The average molecular weight is 458 g/mol. The predicted octanol–water partition coefficient (Wildman–Crippen LogP) is 2.96. The lowest BCUT2D eigenvalue weighted by molar-refractivity contribution is -0.131. The normalized spacial score (nSPS) is 15.6. The van der Waals surface area contributed by atoms with Gasteiger partial charge in [0.15, 0.2) is 0 Å². The molecule has 0 aromatic heterocycles. The van der Waals surface area contributed by atoms with Gasteiger partial charge in [-0.3, -0.25) is 14.5 Å². The molecule has 0 saturated carbocycles. The zero-order valence-corrected chi connectivity index (χ0v) is 18.7. The van der Waals surface area contributed by atoms with E-state index >= 15 is 0 Å². The fourth-order valence-corrected chi connectivity index (χ4v) is 4.09. The van der Waals surface area contributed by atoms with Crippen molar-refractivity contribution in [1.82, 2.24) is 10.2 Å². The lowest BCUT2D eigenvalue weighted by Crippen LogP contribution is -2.56. The number of primary amides is 1. The molecule has 0 radical (unpaired) electrons. The Labute approximate surface area is 198 Å². The van der Waals surface area contributed by atoms with Crippen LogP contribution in [0.4, 0.5) is 4.79 Å². The smallest absolute Gasteiger partial charge is 0.411 e. The summed E-state index contributed by atoms with van der Waals surface area (Å²) in [5.41, 5.74) is 9.25. The molecule has 0 aliphatic carbocycles. The minimum atomic E-state index is -0.894. The van der Waals surface area contributed by atoms with E-state index in [2.05, 4.69) is 5.32 Å². The van der Waals surface area contributed by atoms with Gasteiger partial charge in [0.05, 0.1) is 6.54 Å². The third kappa shape index (κ3) is 5.61. The summed E-state index contributed by atoms with van der Waals surface area (Å²) in [5.74, 6) is -1.07. The van der Waals surface area contributed by atoms with E-state index in [-0.39, 0.29) is 19.6 Å². The van der Waals surface area contributed by atoms with E-state index < -0.39 is 30.0 Å². The van der Waals surface area contributed by atoms with Crippen LogP contribution in [0.2, 0.25) is 0 Å². The van der Waals surface area contributed by atoms with E-state index in [0.29, 0.717) is 6.42 Å². The number of rotatable bonds is 7. The minimum absolute atomic E-state index is 0.101. The van der Waals surface area contributed by atoms with E-state index in [9.17, 15) is 14.4 Å². The molecule has 1 aliphatic heterocycles. The number of amides is 3. The highest BCUT2D eigenvalue weighted by Gasteiger charge is 2.37. The quantitative estimate of drug-likeness (QED) is 0.570. The number of hydrogen-bond acceptors (Lipinski definition) is 4. The van der Waals surface area contributed by atoms with Gasteiger partial charge in [-0.2, -0.15) is 0 Å². The molecule has 3 aromatic rings. The zero-order valence-electron chi connectivity index (χ0n) is 18.7. The minimum Gasteiger partial charge on any atom is -0.445 e. The second-order valence-electron chi connectivity index (χ2n) is 8.31. The largest absolute Gasteiger partial charge is 0.445 e. The van der Waals surface area contributed by atoms with Gasteiger partial charge in [-0.1, -0.05) is 84.9 Å². The molecule has 34 heavy (non-hydrogen) atoms. The van der Waals surface area contributed by atoms with Gasteiger partial charge in [-0.15, -0.1) is 0 Å². The third-order valence-corrected chi connectivity index (χ3v) is 5.93. The van der Waals surface area contributed by atoms with Crippen LogP contribution in [-0.2, 0) is 40.3 Å². The molecule has 3 N–H and O–H groups in total. The number of carbonyl (C=O) groups is 3. The molecule has 3 aromatic carbocycles. The van der Waals surface area contributed by atoms with Crippen LogP contribution >= 0.6 is 0 Å². The van der Waals surface area contributed by atoms with Crippen LogP contribution in [0, 0.1) is 0 Å². The number of carbonyl (C=O) groups excluding carboxylic acids is 3. The van der Waals surface area contributed by atoms with Crippen LogP contribution in [0.1, 0.15) is 22.3 Å². The Balaban J connectivity index is 1.51. The van der Waals surface area contributed by atoms with Crippen molar-refractivity contribution in [1.29, 1.82) is 0 Å². The Morgan fingerprint density at radius 1 is 0.882 bits per heavy atom. The molecular weight excluding hydrogens is 430 g/mol. The second kappa shape index (κ2) is 10.7. The molecule has 2 atom stereocenters. The summed E-state index contributed by atoms with van der Waals surface area (Å²) in [7, 11) is 0. The summed E-state index contributed by atoms with van der Waals surface area (Å²) >= 11 is 0. The predicted molar refractivity (Wildman–Crippen MR) is 127 cm³/mol. The van der Waals surface area contributed by atoms with Crippen LogP contribution in [-0.4, -0.2) is 34.9 Å². The van der Waals surface area contributed by atoms with Gasteiger partial charge < -0.3 is 15.8 Å². The third-order valence-electron chi connectivity index (χ3n) is 5.93. The molecule has 7 nitrogen and oxygen atoms in total. The maximum absolute atomic E-state index is 13.3. The highest BCUT2D eigenvalue weighted by molar-refractivity contribution is 5.91. The summed E-state index contributed by atoms with van der Waals surface area (Å²) in [6, 6.07) is 24.6. The number of nitrogens with one attached hydrogen (secondary N) is 1. The second-order valence-corrected chi connectivity index (χ2v) is 8.31. The Bertz CT molecular complexity index is 1150. The van der Waals surface area contributed by atoms with Gasteiger partial charge in [0.2, 0.25) is 11.8 Å². The van der Waals surface area contributed by atoms with Gasteiger partial charge in [0.1, 0.15) is 18.7 Å². The summed E-state index contributed by atoms with van der Waals surface area (Å²) in [5, 5.41) is 2.76. The molecule has 4 rings (SSSR count). The summed E-state index contributed by atoms with van der Waals surface area (Å²) in [6.45, 7) is 0.339. The maximum Gasteiger partial charge on any atom is 0.411 e. The molecular formula is C27H27N3O4. The molecule has 0 spiro atoms. The van der Waals surface area contributed by atoms with Gasteiger partial charge in [-0.25, -0.2) is 4.79 Å². The van der Waals surface area contributed by atoms with Crippen LogP contribution in [0.5, 0.6) is 0 Å². The summed E-state index contributed by atoms with van der Waals surface area (Å²) < 4.78 is 5.53. The SMILES string of the molecule is NC(=O)[C@@H](Cc1ccccc1)NC(=O)[C@@H]1Cc2ccccc2CN1C(=O)OCc1ccccc1. The first-order valence-electron chi connectivity index (χ1n) is 11.2. The molecule has 0 unspecified atom stereocenters. The molecule has 0 bridgehead atoms. The fourth-order valence-electron chi connectivity index (χ4n) is 4.09. The summed E-state index contributed by atoms with van der Waals surface area (Å²) in [4.78, 5) is 39.9. The van der Waals surface area contributed by atoms with Crippen LogP contribution in [0.3, 0.4) is 0 Å². The molecule has 7 heteroatoms. The van der Waals surface area contributed by atoms with Crippen LogP contribution in [0.25, 0.3) is 0 Å². The summed E-state index contributed by atoms with van der Waals surface area (Å²) in [6.07, 6.45) is 0.000312. The van der Waals surface area contributed by atoms with E-state index in [1.807, 2.05) is 84.9 Å². The maximum atomic E-state index is 13.3. The van der Waals surface area contributed by atoms with E-state index in [1.54, 1.807) is 0 Å². The molecule has 1 aliphatic rings. The Hall–Kier alpha value is -4.13. The highest BCUT2D eigenvalue weighted by atomic mass is 16.6. The number of nitrogens with zero attached hydrogens (tertiary/aromatic N) is 1. The number of fused-ring (bicyclic) bond motifs is 1. The van der Waals surface area contributed by atoms with Crippen LogP contribution < -0.4 is 11.1 Å². The Morgan fingerprint density at radius 2 is 1.47 bits per heavy atom. The Morgan fingerprint density at radius 3 is 2.12 bits per heavy atom. The number of hydrogen-bond donors (Lipinski definition) is 2. The van der Waals surface area contributed by atoms with Crippen molar-refractivity contribution < 1.29 is 19.1 Å². The number of benzene rings is 3. The van der Waals surface area contributed by atoms with E-state index in [0.717, 1.165) is 22.3 Å². The van der Waals surface area contributed by atoms with Crippen molar-refractivity contribution >= 4 is 17.9 Å². The molecule has 1 heterocycles. The van der Waals surface area contributed by atoms with Gasteiger partial charge >= 0.3 is 6.09 Å². The molecule has 0 fully saturated rings. The van der Waals surface area contributed by atoms with Gasteiger partial charge in [-0.05, 0) is 22.3 Å². The number of ether oxygens (including phenoxy) is 1. The van der Waals surface area contributed by atoms with Gasteiger partial charge in [0.25, 0.3) is 0 Å². The zero-order chi connectivity index (χ0) is 23.9. The van der Waals surface area contributed by atoms with Gasteiger partial charge in [0, 0.05) is 12.8 Å². The van der Waals surface area contributed by atoms with E-state index in [4.69, 9.17) is 10.5 Å². The molecule has 0 saturated heterocycles. The van der Waals surface area contributed by atoms with Crippen LogP contribution in [0.15, 0.2) is 84.9 Å². The topological polar surface area (TPSA) is 102 Å². The van der Waals surface area contributed by atoms with Crippen molar-refractivity contribution in [2.45, 2.75) is 38.1 Å². The van der Waals surface area contributed by atoms with Crippen molar-refractivity contribution in [2.24, 2.45) is 5.73 Å². The van der Waals surface area contributed by atoms with Crippen molar-refractivity contribution in [3.63, 3.8) is 0 Å². The fraction of sp³-hybridized carbons (Fsp3) is 0.222. The molecule has 174 valence electrons. The standard InChI is InChI=1S/C27H27N3O4/c28-25(31)23(15-19-9-3-1-4-10-19)29-26(32)24-16-21-13-7-8-14-22(21)17-30(24)27(33)34-18-20-11-5-2-6-12-20/h1-14,23-24H,15-18H2,(H2,28,31)(H,29,32)/t23-,24+/m1/s1. The average Bonchev–Trinajstić information content (AvgIpc) is 2.87. The van der Waals surface area contributed by atoms with Crippen molar-refractivity contribution in [3.05, 3.63) is 107 Å². The van der Waals surface area contributed by atoms with Crippen molar-refractivity contribution in [2.75, 3.05) is 0 Å². The highest BCUT2D eigenvalue weighted by Crippen LogP contribution is 2.25. The van der Waals surface area contributed by atoms with E-state index in [1.165, 1.54) is 4.90 Å².